The number of aryl methyl sites for hydroxylation is 1. The van der Waals surface area contributed by atoms with Crippen LogP contribution in [0, 0.1) is 0 Å². The standard InChI is InChI=1S/C18H19N3O2S/c22-16(14-11-19-18-21(17(14)23)9-10-24-18)20-15-8-4-2-6-12-5-1-3-7-13(12)15/h1,3,5,7,11,15H,2,4,6,8-10H2,(H,20,22)/t15-/m0/s1. The highest BCUT2D eigenvalue weighted by atomic mass is 32.2. The van der Waals surface area contributed by atoms with Gasteiger partial charge in [-0.1, -0.05) is 42.4 Å². The molecule has 5 nitrogen and oxygen atoms in total. The number of hydrogen-bond donors (Lipinski definition) is 1. The molecule has 1 amide bonds. The van der Waals surface area contributed by atoms with Crippen LogP contribution >= 0.6 is 11.8 Å². The van der Waals surface area contributed by atoms with E-state index in [1.165, 1.54) is 17.3 Å². The largest absolute Gasteiger partial charge is 0.345 e. The molecule has 2 heterocycles. The summed E-state index contributed by atoms with van der Waals surface area (Å²) in [6.07, 6.45) is 5.56. The molecule has 0 spiro atoms. The number of rotatable bonds is 2. The van der Waals surface area contributed by atoms with Gasteiger partial charge < -0.3 is 5.32 Å². The van der Waals surface area contributed by atoms with E-state index < -0.39 is 0 Å². The molecule has 1 aliphatic carbocycles. The molecule has 0 radical (unpaired) electrons. The summed E-state index contributed by atoms with van der Waals surface area (Å²) in [5.41, 5.74) is 2.38. The van der Waals surface area contributed by atoms with Gasteiger partial charge in [-0.25, -0.2) is 4.98 Å². The molecular weight excluding hydrogens is 322 g/mol. The van der Waals surface area contributed by atoms with Crippen LogP contribution in [0.1, 0.15) is 46.8 Å². The van der Waals surface area contributed by atoms with E-state index in [2.05, 4.69) is 22.4 Å². The van der Waals surface area contributed by atoms with E-state index in [4.69, 9.17) is 0 Å². The third-order valence-corrected chi connectivity index (χ3v) is 5.70. The van der Waals surface area contributed by atoms with Crippen molar-refractivity contribution >= 4 is 17.7 Å². The lowest BCUT2D eigenvalue weighted by molar-refractivity contribution is 0.0931. The molecule has 2 aromatic rings. The van der Waals surface area contributed by atoms with Gasteiger partial charge in [-0.05, 0) is 30.4 Å². The third-order valence-electron chi connectivity index (χ3n) is 4.73. The summed E-state index contributed by atoms with van der Waals surface area (Å²) in [5, 5.41) is 3.77. The maximum absolute atomic E-state index is 12.7. The Bertz CT molecular complexity index is 846. The van der Waals surface area contributed by atoms with Gasteiger partial charge in [0, 0.05) is 18.5 Å². The summed E-state index contributed by atoms with van der Waals surface area (Å²) in [5.74, 6) is 0.518. The molecule has 0 unspecified atom stereocenters. The zero-order valence-corrected chi connectivity index (χ0v) is 14.1. The Labute approximate surface area is 144 Å². The Morgan fingerprint density at radius 1 is 1.29 bits per heavy atom. The minimum Gasteiger partial charge on any atom is -0.345 e. The molecule has 2 aliphatic rings. The molecule has 0 saturated heterocycles. The topological polar surface area (TPSA) is 64.0 Å². The summed E-state index contributed by atoms with van der Waals surface area (Å²) in [6.45, 7) is 0.624. The van der Waals surface area contributed by atoms with Crippen molar-refractivity contribution in [2.75, 3.05) is 5.75 Å². The van der Waals surface area contributed by atoms with Crippen molar-refractivity contribution in [2.24, 2.45) is 0 Å². The molecule has 0 saturated carbocycles. The van der Waals surface area contributed by atoms with Crippen LogP contribution in [0.5, 0.6) is 0 Å². The molecule has 1 aromatic carbocycles. The maximum atomic E-state index is 12.7. The molecule has 1 atom stereocenters. The smallest absolute Gasteiger partial charge is 0.267 e. The fourth-order valence-electron chi connectivity index (χ4n) is 3.48. The summed E-state index contributed by atoms with van der Waals surface area (Å²) >= 11 is 1.55. The first-order chi connectivity index (χ1) is 11.7. The minimum atomic E-state index is -0.318. The molecule has 6 heteroatoms. The van der Waals surface area contributed by atoms with Crippen molar-refractivity contribution in [2.45, 2.75) is 43.4 Å². The lowest BCUT2D eigenvalue weighted by Gasteiger charge is -2.19. The molecular formula is C18H19N3O2S. The van der Waals surface area contributed by atoms with Crippen LogP contribution < -0.4 is 10.9 Å². The lowest BCUT2D eigenvalue weighted by atomic mass is 9.99. The maximum Gasteiger partial charge on any atom is 0.267 e. The Hall–Kier alpha value is -2.08. The van der Waals surface area contributed by atoms with Gasteiger partial charge in [-0.3, -0.25) is 14.2 Å². The molecule has 0 bridgehead atoms. The van der Waals surface area contributed by atoms with E-state index in [0.29, 0.717) is 11.7 Å². The van der Waals surface area contributed by atoms with Gasteiger partial charge in [0.1, 0.15) is 5.56 Å². The zero-order valence-electron chi connectivity index (χ0n) is 13.3. The highest BCUT2D eigenvalue weighted by Crippen LogP contribution is 2.28. The minimum absolute atomic E-state index is 0.0387. The molecule has 1 aliphatic heterocycles. The van der Waals surface area contributed by atoms with Crippen LogP contribution in [-0.2, 0) is 13.0 Å². The van der Waals surface area contributed by atoms with Crippen LogP contribution in [0.3, 0.4) is 0 Å². The van der Waals surface area contributed by atoms with Crippen LogP contribution in [0.15, 0.2) is 40.4 Å². The normalized spacial score (nSPS) is 19.2. The average Bonchev–Trinajstić information content (AvgIpc) is 2.99. The third kappa shape index (κ3) is 2.75. The predicted octanol–water partition coefficient (Wildman–Crippen LogP) is 2.55. The number of fused-ring (bicyclic) bond motifs is 2. The van der Waals surface area contributed by atoms with Crippen LogP contribution in [-0.4, -0.2) is 21.2 Å². The number of thioether (sulfide) groups is 1. The SMILES string of the molecule is O=C(N[C@H]1CCCCc2ccccc21)c1cnc2n(c1=O)CCS2. The van der Waals surface area contributed by atoms with Gasteiger partial charge in [0.2, 0.25) is 0 Å². The number of aromatic nitrogens is 2. The number of benzene rings is 1. The van der Waals surface area contributed by atoms with Gasteiger partial charge in [0.05, 0.1) is 6.04 Å². The second kappa shape index (κ2) is 6.43. The Morgan fingerprint density at radius 3 is 3.08 bits per heavy atom. The second-order valence-corrected chi connectivity index (χ2v) is 7.29. The molecule has 1 aromatic heterocycles. The molecule has 24 heavy (non-hydrogen) atoms. The molecule has 1 N–H and O–H groups in total. The first-order valence-corrected chi connectivity index (χ1v) is 9.34. The summed E-state index contributed by atoms with van der Waals surface area (Å²) in [4.78, 5) is 29.5. The Kier molecular flexibility index (Phi) is 4.14. The first-order valence-electron chi connectivity index (χ1n) is 8.35. The van der Waals surface area contributed by atoms with Gasteiger partial charge >= 0.3 is 0 Å². The fraction of sp³-hybridized carbons (Fsp3) is 0.389. The van der Waals surface area contributed by atoms with Gasteiger partial charge in [-0.15, -0.1) is 0 Å². The monoisotopic (exact) mass is 341 g/mol. The van der Waals surface area contributed by atoms with Crippen LogP contribution in [0.2, 0.25) is 0 Å². The van der Waals surface area contributed by atoms with Crippen molar-refractivity contribution in [3.8, 4) is 0 Å². The van der Waals surface area contributed by atoms with Crippen molar-refractivity contribution in [3.63, 3.8) is 0 Å². The Balaban J connectivity index is 1.62. The van der Waals surface area contributed by atoms with Crippen molar-refractivity contribution in [1.29, 1.82) is 0 Å². The van der Waals surface area contributed by atoms with Gasteiger partial charge in [-0.2, -0.15) is 0 Å². The van der Waals surface area contributed by atoms with Gasteiger partial charge in [0.15, 0.2) is 5.16 Å². The van der Waals surface area contributed by atoms with E-state index >= 15 is 0 Å². The van der Waals surface area contributed by atoms with Crippen molar-refractivity contribution in [1.82, 2.24) is 14.9 Å². The number of carbonyl (C=O) groups is 1. The number of carbonyl (C=O) groups excluding carboxylic acids is 1. The molecule has 4 rings (SSSR count). The molecule has 0 fully saturated rings. The Morgan fingerprint density at radius 2 is 2.17 bits per heavy atom. The average molecular weight is 341 g/mol. The summed E-state index contributed by atoms with van der Waals surface area (Å²) in [7, 11) is 0. The lowest BCUT2D eigenvalue weighted by Crippen LogP contribution is -2.35. The van der Waals surface area contributed by atoms with Crippen molar-refractivity contribution < 1.29 is 4.79 Å². The van der Waals surface area contributed by atoms with E-state index in [0.717, 1.165) is 31.4 Å². The van der Waals surface area contributed by atoms with Crippen LogP contribution in [0.25, 0.3) is 0 Å². The van der Waals surface area contributed by atoms with Crippen molar-refractivity contribution in [3.05, 3.63) is 57.5 Å². The van der Waals surface area contributed by atoms with E-state index in [-0.39, 0.29) is 23.1 Å². The number of amides is 1. The summed E-state index contributed by atoms with van der Waals surface area (Å²) < 4.78 is 1.60. The second-order valence-electron chi connectivity index (χ2n) is 6.23. The molecule has 124 valence electrons. The summed E-state index contributed by atoms with van der Waals surface area (Å²) in [6, 6.07) is 8.21. The highest BCUT2D eigenvalue weighted by Gasteiger charge is 2.24. The van der Waals surface area contributed by atoms with Crippen LogP contribution in [0.4, 0.5) is 0 Å². The number of hydrogen-bond acceptors (Lipinski definition) is 4. The number of nitrogens with one attached hydrogen (secondary N) is 1. The van der Waals surface area contributed by atoms with E-state index in [1.54, 1.807) is 16.3 Å². The fourth-order valence-corrected chi connectivity index (χ4v) is 4.39. The zero-order chi connectivity index (χ0) is 16.5. The first kappa shape index (κ1) is 15.4. The highest BCUT2D eigenvalue weighted by molar-refractivity contribution is 7.99. The predicted molar refractivity (Wildman–Crippen MR) is 93.4 cm³/mol. The van der Waals surface area contributed by atoms with E-state index in [1.807, 2.05) is 12.1 Å². The quantitative estimate of drug-likeness (QED) is 0.673. The number of nitrogens with zero attached hydrogens (tertiary/aromatic N) is 2. The van der Waals surface area contributed by atoms with Gasteiger partial charge in [0.25, 0.3) is 11.5 Å². The van der Waals surface area contributed by atoms with E-state index in [9.17, 15) is 9.59 Å².